The first-order chi connectivity index (χ1) is 6.59. The third kappa shape index (κ3) is 3.64. The number of amides is 1. The summed E-state index contributed by atoms with van der Waals surface area (Å²) in [5.74, 6) is 0.206. The first kappa shape index (κ1) is 11.5. The van der Waals surface area contributed by atoms with Gasteiger partial charge in [0.15, 0.2) is 0 Å². The lowest BCUT2D eigenvalue weighted by Crippen LogP contribution is -2.40. The number of rotatable bonds is 2. The molecule has 4 nitrogen and oxygen atoms in total. The van der Waals surface area contributed by atoms with Gasteiger partial charge in [0.05, 0.1) is 0 Å². The zero-order valence-electron chi connectivity index (χ0n) is 9.42. The Labute approximate surface area is 86.2 Å². The summed E-state index contributed by atoms with van der Waals surface area (Å²) in [6.45, 7) is 3.12. The van der Waals surface area contributed by atoms with E-state index in [0.29, 0.717) is 12.5 Å². The van der Waals surface area contributed by atoms with Crippen LogP contribution in [-0.2, 0) is 4.79 Å². The molecule has 0 aromatic heterocycles. The van der Waals surface area contributed by atoms with Crippen LogP contribution in [0.2, 0.25) is 0 Å². The van der Waals surface area contributed by atoms with Crippen molar-refractivity contribution in [1.82, 2.24) is 15.1 Å². The van der Waals surface area contributed by atoms with Crippen molar-refractivity contribution in [1.29, 1.82) is 0 Å². The van der Waals surface area contributed by atoms with Crippen LogP contribution in [0.4, 0.5) is 0 Å². The molecule has 1 heterocycles. The highest BCUT2D eigenvalue weighted by Crippen LogP contribution is 2.02. The lowest BCUT2D eigenvalue weighted by molar-refractivity contribution is -0.129. The van der Waals surface area contributed by atoms with E-state index in [9.17, 15) is 4.79 Å². The van der Waals surface area contributed by atoms with Crippen LogP contribution in [-0.4, -0.2) is 62.5 Å². The molecule has 1 atom stereocenters. The molecule has 4 heteroatoms. The normalized spacial score (nSPS) is 24.4. The van der Waals surface area contributed by atoms with Crippen LogP contribution < -0.4 is 5.32 Å². The van der Waals surface area contributed by atoms with Crippen LogP contribution in [0.5, 0.6) is 0 Å². The van der Waals surface area contributed by atoms with E-state index in [0.717, 1.165) is 19.6 Å². The number of nitrogens with zero attached hydrogens (tertiary/aromatic N) is 2. The van der Waals surface area contributed by atoms with Gasteiger partial charge in [-0.15, -0.1) is 0 Å². The van der Waals surface area contributed by atoms with Gasteiger partial charge in [-0.1, -0.05) is 0 Å². The molecule has 1 unspecified atom stereocenters. The summed E-state index contributed by atoms with van der Waals surface area (Å²) < 4.78 is 0. The molecule has 0 saturated carbocycles. The van der Waals surface area contributed by atoms with Crippen molar-refractivity contribution in [3.05, 3.63) is 0 Å². The van der Waals surface area contributed by atoms with Gasteiger partial charge >= 0.3 is 0 Å². The SMILES string of the molecule is CN1CCCNC(CC(=O)N(C)C)C1. The summed E-state index contributed by atoms with van der Waals surface area (Å²) in [5, 5.41) is 3.41. The number of hydrogen-bond acceptors (Lipinski definition) is 3. The van der Waals surface area contributed by atoms with Gasteiger partial charge in [0.25, 0.3) is 0 Å². The van der Waals surface area contributed by atoms with E-state index < -0.39 is 0 Å². The van der Waals surface area contributed by atoms with Crippen molar-refractivity contribution in [2.24, 2.45) is 0 Å². The molecule has 0 aromatic carbocycles. The molecule has 0 radical (unpaired) electrons. The number of nitrogens with one attached hydrogen (secondary N) is 1. The molecule has 0 spiro atoms. The third-order valence-corrected chi connectivity index (χ3v) is 2.60. The molecule has 1 rings (SSSR count). The zero-order valence-corrected chi connectivity index (χ0v) is 9.42. The topological polar surface area (TPSA) is 35.6 Å². The van der Waals surface area contributed by atoms with Crippen LogP contribution in [0.3, 0.4) is 0 Å². The Balaban J connectivity index is 2.38. The second kappa shape index (κ2) is 5.32. The summed E-state index contributed by atoms with van der Waals surface area (Å²) in [7, 11) is 5.73. The molecule has 0 aromatic rings. The molecular formula is C10H21N3O. The standard InChI is InChI=1S/C10H21N3O/c1-12(2)10(14)7-9-8-13(3)6-4-5-11-9/h9,11H,4-8H2,1-3H3. The maximum atomic E-state index is 11.5. The van der Waals surface area contributed by atoms with Crippen molar-refractivity contribution >= 4 is 5.91 Å². The maximum absolute atomic E-state index is 11.5. The number of likely N-dealkylation sites (N-methyl/N-ethyl adjacent to an activating group) is 1. The molecule has 0 bridgehead atoms. The lowest BCUT2D eigenvalue weighted by Gasteiger charge is -2.21. The van der Waals surface area contributed by atoms with Crippen LogP contribution in [0.1, 0.15) is 12.8 Å². The Kier molecular flexibility index (Phi) is 4.35. The summed E-state index contributed by atoms with van der Waals surface area (Å²) in [6, 6.07) is 0.317. The fraction of sp³-hybridized carbons (Fsp3) is 0.900. The molecular weight excluding hydrogens is 178 g/mol. The van der Waals surface area contributed by atoms with E-state index in [1.54, 1.807) is 4.90 Å². The minimum absolute atomic E-state index is 0.206. The molecule has 82 valence electrons. The Hall–Kier alpha value is -0.610. The van der Waals surface area contributed by atoms with Gasteiger partial charge in [-0.2, -0.15) is 0 Å². The fourth-order valence-electron chi connectivity index (χ4n) is 1.72. The van der Waals surface area contributed by atoms with E-state index in [1.165, 1.54) is 6.42 Å². The average molecular weight is 199 g/mol. The van der Waals surface area contributed by atoms with Crippen LogP contribution in [0.25, 0.3) is 0 Å². The predicted molar refractivity (Wildman–Crippen MR) is 57.2 cm³/mol. The molecule has 1 aliphatic heterocycles. The minimum Gasteiger partial charge on any atom is -0.349 e. The van der Waals surface area contributed by atoms with Gasteiger partial charge in [0.2, 0.25) is 5.91 Å². The Morgan fingerprint density at radius 3 is 2.93 bits per heavy atom. The molecule has 14 heavy (non-hydrogen) atoms. The molecule has 0 aliphatic carbocycles. The van der Waals surface area contributed by atoms with Crippen molar-refractivity contribution in [3.8, 4) is 0 Å². The number of carbonyl (C=O) groups excluding carboxylic acids is 1. The van der Waals surface area contributed by atoms with Gasteiger partial charge in [-0.05, 0) is 26.6 Å². The highest BCUT2D eigenvalue weighted by molar-refractivity contribution is 5.76. The second-order valence-corrected chi connectivity index (χ2v) is 4.26. The van der Waals surface area contributed by atoms with Crippen LogP contribution in [0, 0.1) is 0 Å². The van der Waals surface area contributed by atoms with Gasteiger partial charge < -0.3 is 15.1 Å². The van der Waals surface area contributed by atoms with E-state index in [2.05, 4.69) is 17.3 Å². The quantitative estimate of drug-likeness (QED) is 0.666. The van der Waals surface area contributed by atoms with Crippen molar-refractivity contribution in [3.63, 3.8) is 0 Å². The number of carbonyl (C=O) groups is 1. The Morgan fingerprint density at radius 2 is 2.29 bits per heavy atom. The summed E-state index contributed by atoms with van der Waals surface area (Å²) >= 11 is 0. The van der Waals surface area contributed by atoms with Crippen LogP contribution >= 0.6 is 0 Å². The summed E-state index contributed by atoms with van der Waals surface area (Å²) in [5.41, 5.74) is 0. The fourth-order valence-corrected chi connectivity index (χ4v) is 1.72. The lowest BCUT2D eigenvalue weighted by atomic mass is 10.2. The van der Waals surface area contributed by atoms with Crippen LogP contribution in [0.15, 0.2) is 0 Å². The Morgan fingerprint density at radius 1 is 1.57 bits per heavy atom. The van der Waals surface area contributed by atoms with E-state index in [-0.39, 0.29) is 5.91 Å². The molecule has 1 N–H and O–H groups in total. The van der Waals surface area contributed by atoms with Gasteiger partial charge in [-0.3, -0.25) is 4.79 Å². The second-order valence-electron chi connectivity index (χ2n) is 4.26. The predicted octanol–water partition coefficient (Wildman–Crippen LogP) is -0.242. The van der Waals surface area contributed by atoms with E-state index in [4.69, 9.17) is 0 Å². The summed E-state index contributed by atoms with van der Waals surface area (Å²) in [6.07, 6.45) is 1.78. The van der Waals surface area contributed by atoms with Crippen molar-refractivity contribution < 1.29 is 4.79 Å². The van der Waals surface area contributed by atoms with Gasteiger partial charge in [0, 0.05) is 33.1 Å². The third-order valence-electron chi connectivity index (χ3n) is 2.60. The highest BCUT2D eigenvalue weighted by atomic mass is 16.2. The molecule has 1 aliphatic rings. The molecule has 1 fully saturated rings. The minimum atomic E-state index is 0.206. The average Bonchev–Trinajstić information content (AvgIpc) is 2.29. The highest BCUT2D eigenvalue weighted by Gasteiger charge is 2.18. The van der Waals surface area contributed by atoms with E-state index >= 15 is 0 Å². The first-order valence-electron chi connectivity index (χ1n) is 5.21. The van der Waals surface area contributed by atoms with Gasteiger partial charge in [0.1, 0.15) is 0 Å². The summed E-state index contributed by atoms with van der Waals surface area (Å²) in [4.78, 5) is 15.4. The van der Waals surface area contributed by atoms with Crippen molar-refractivity contribution in [2.75, 3.05) is 40.8 Å². The van der Waals surface area contributed by atoms with Gasteiger partial charge in [-0.25, -0.2) is 0 Å². The monoisotopic (exact) mass is 199 g/mol. The van der Waals surface area contributed by atoms with E-state index in [1.807, 2.05) is 14.1 Å². The Bertz CT molecular complexity index is 194. The first-order valence-corrected chi connectivity index (χ1v) is 5.21. The largest absolute Gasteiger partial charge is 0.349 e. The molecule has 1 amide bonds. The number of hydrogen-bond donors (Lipinski definition) is 1. The zero-order chi connectivity index (χ0) is 10.6. The maximum Gasteiger partial charge on any atom is 0.223 e. The smallest absolute Gasteiger partial charge is 0.223 e. The van der Waals surface area contributed by atoms with Crippen molar-refractivity contribution in [2.45, 2.75) is 18.9 Å². The molecule has 1 saturated heterocycles.